The van der Waals surface area contributed by atoms with E-state index in [1.54, 1.807) is 12.1 Å². The van der Waals surface area contributed by atoms with Gasteiger partial charge in [0.05, 0.1) is 9.79 Å². The van der Waals surface area contributed by atoms with Crippen LogP contribution < -0.4 is 0 Å². The molecule has 0 radical (unpaired) electrons. The van der Waals surface area contributed by atoms with Gasteiger partial charge in [-0.15, -0.1) is 13.2 Å². The zero-order valence-electron chi connectivity index (χ0n) is 23.7. The second kappa shape index (κ2) is 19.8. The van der Waals surface area contributed by atoms with Crippen molar-refractivity contribution in [1.29, 1.82) is 0 Å². The first-order chi connectivity index (χ1) is 18.9. The zero-order valence-corrected chi connectivity index (χ0v) is 27.7. The van der Waals surface area contributed by atoms with E-state index in [2.05, 4.69) is 45.0 Å². The molecule has 0 N–H and O–H groups in total. The highest BCUT2D eigenvalue weighted by Gasteiger charge is 2.24. The summed E-state index contributed by atoms with van der Waals surface area (Å²) in [4.78, 5) is 0.913. The summed E-state index contributed by atoms with van der Waals surface area (Å²) >= 11 is 7.13. The number of halogens is 2. The smallest absolute Gasteiger partial charge is 0.207 e. The quantitative estimate of drug-likeness (QED) is 0.0916. The van der Waals surface area contributed by atoms with Crippen molar-refractivity contribution < 1.29 is 8.42 Å². The molecule has 0 heterocycles. The lowest BCUT2D eigenvalue weighted by Crippen LogP contribution is -2.09. The van der Waals surface area contributed by atoms with E-state index in [1.807, 2.05) is 36.4 Å². The number of rotatable bonds is 22. The first-order valence-corrected chi connectivity index (χ1v) is 18.0. The Balaban J connectivity index is 1.99. The summed E-state index contributed by atoms with van der Waals surface area (Å²) in [7, 11) is -3.61. The molecule has 0 aliphatic carbocycles. The van der Waals surface area contributed by atoms with Crippen LogP contribution in [0.3, 0.4) is 0 Å². The largest absolute Gasteiger partial charge is 0.218 e. The number of aryl methyl sites for hydroxylation is 2. The Bertz CT molecular complexity index is 1030. The maximum Gasteiger partial charge on any atom is 0.207 e. The number of hydrogen-bond acceptors (Lipinski definition) is 2. The topological polar surface area (TPSA) is 34.1 Å². The van der Waals surface area contributed by atoms with Crippen LogP contribution in [0.25, 0.3) is 0 Å². The fourth-order valence-electron chi connectivity index (χ4n) is 5.11. The molecule has 0 aliphatic rings. The molecule has 5 heteroatoms. The van der Waals surface area contributed by atoms with Gasteiger partial charge in [0.25, 0.3) is 0 Å². The van der Waals surface area contributed by atoms with Gasteiger partial charge in [-0.3, -0.25) is 0 Å². The van der Waals surface area contributed by atoms with E-state index < -0.39 is 9.84 Å². The minimum Gasteiger partial charge on any atom is -0.218 e. The van der Waals surface area contributed by atoms with Gasteiger partial charge >= 0.3 is 0 Å². The van der Waals surface area contributed by atoms with E-state index in [1.165, 1.54) is 64.2 Å². The highest BCUT2D eigenvalue weighted by atomic mass is 79.9. The summed E-state index contributed by atoms with van der Waals surface area (Å²) in [5, 5.41) is 0. The van der Waals surface area contributed by atoms with Crippen LogP contribution in [0.4, 0.5) is 0 Å². The molecule has 2 aromatic carbocycles. The van der Waals surface area contributed by atoms with Gasteiger partial charge < -0.3 is 0 Å². The molecule has 0 aliphatic heterocycles. The Morgan fingerprint density at radius 1 is 0.538 bits per heavy atom. The minimum absolute atomic E-state index is 0.457. The van der Waals surface area contributed by atoms with E-state index in [4.69, 9.17) is 0 Å². The predicted molar refractivity (Wildman–Crippen MR) is 175 cm³/mol. The highest BCUT2D eigenvalue weighted by Crippen LogP contribution is 2.32. The van der Waals surface area contributed by atoms with Crippen molar-refractivity contribution in [3.05, 3.63) is 81.8 Å². The average Bonchev–Trinajstić information content (AvgIpc) is 2.91. The third kappa shape index (κ3) is 12.9. The third-order valence-corrected chi connectivity index (χ3v) is 10.3. The summed E-state index contributed by atoms with van der Waals surface area (Å²) in [5.74, 6) is 0. The zero-order chi connectivity index (χ0) is 28.3. The fourth-order valence-corrected chi connectivity index (χ4v) is 7.67. The number of hydrogen-bond donors (Lipinski definition) is 0. The van der Waals surface area contributed by atoms with E-state index in [-0.39, 0.29) is 0 Å². The van der Waals surface area contributed by atoms with Crippen LogP contribution in [0.5, 0.6) is 0 Å². The molecular weight excluding hydrogens is 632 g/mol. The van der Waals surface area contributed by atoms with Crippen molar-refractivity contribution in [3.63, 3.8) is 0 Å². The maximum absolute atomic E-state index is 14.0. The second-order valence-electron chi connectivity index (χ2n) is 10.6. The number of sulfone groups is 1. The van der Waals surface area contributed by atoms with Gasteiger partial charge in [-0.1, -0.05) is 108 Å². The van der Waals surface area contributed by atoms with E-state index in [9.17, 15) is 8.42 Å². The van der Waals surface area contributed by atoms with Gasteiger partial charge in [0, 0.05) is 8.95 Å². The molecule has 0 atom stereocenters. The molecule has 0 aromatic heterocycles. The van der Waals surface area contributed by atoms with E-state index >= 15 is 0 Å². The summed E-state index contributed by atoms with van der Waals surface area (Å²) < 4.78 is 29.8. The summed E-state index contributed by atoms with van der Waals surface area (Å²) in [5.41, 5.74) is 1.83. The van der Waals surface area contributed by atoms with Gasteiger partial charge in [-0.2, -0.15) is 0 Å². The molecule has 0 spiro atoms. The van der Waals surface area contributed by atoms with Crippen molar-refractivity contribution in [2.24, 2.45) is 0 Å². The molecule has 0 amide bonds. The van der Waals surface area contributed by atoms with Crippen LogP contribution in [0, 0.1) is 0 Å². The molecule has 216 valence electrons. The Morgan fingerprint density at radius 2 is 0.872 bits per heavy atom. The highest BCUT2D eigenvalue weighted by molar-refractivity contribution is 9.10. The van der Waals surface area contributed by atoms with Gasteiger partial charge in [-0.05, 0) is 98.9 Å². The predicted octanol–water partition coefficient (Wildman–Crippen LogP) is 11.7. The molecule has 2 aromatic rings. The van der Waals surface area contributed by atoms with E-state index in [0.717, 1.165) is 71.4 Å². The third-order valence-electron chi connectivity index (χ3n) is 7.33. The van der Waals surface area contributed by atoms with Crippen LogP contribution in [-0.2, 0) is 22.7 Å². The molecule has 0 unspecified atom stereocenters. The fraction of sp³-hybridized carbons (Fsp3) is 0.529. The monoisotopic (exact) mass is 678 g/mol. The van der Waals surface area contributed by atoms with Crippen molar-refractivity contribution in [2.45, 2.75) is 125 Å². The first kappa shape index (κ1) is 34.0. The molecule has 0 saturated carbocycles. The van der Waals surface area contributed by atoms with Crippen molar-refractivity contribution in [1.82, 2.24) is 0 Å². The number of allylic oxidation sites excluding steroid dienone is 2. The van der Waals surface area contributed by atoms with E-state index in [0.29, 0.717) is 9.79 Å². The molecule has 39 heavy (non-hydrogen) atoms. The van der Waals surface area contributed by atoms with Crippen molar-refractivity contribution in [3.8, 4) is 0 Å². The van der Waals surface area contributed by atoms with Gasteiger partial charge in [-0.25, -0.2) is 8.42 Å². The Hall–Kier alpha value is -1.17. The van der Waals surface area contributed by atoms with Crippen molar-refractivity contribution in [2.75, 3.05) is 0 Å². The van der Waals surface area contributed by atoms with Crippen LogP contribution >= 0.6 is 31.9 Å². The Kier molecular flexibility index (Phi) is 17.3. The maximum atomic E-state index is 14.0. The lowest BCUT2D eigenvalue weighted by Gasteiger charge is -2.15. The molecule has 0 saturated heterocycles. The Labute approximate surface area is 255 Å². The Morgan fingerprint density at radius 3 is 1.23 bits per heavy atom. The lowest BCUT2D eigenvalue weighted by molar-refractivity contribution is 0.575. The van der Waals surface area contributed by atoms with Gasteiger partial charge in [0.2, 0.25) is 9.84 Å². The molecule has 0 fully saturated rings. The van der Waals surface area contributed by atoms with Crippen LogP contribution in [0.15, 0.2) is 80.4 Å². The molecule has 0 bridgehead atoms. The minimum atomic E-state index is -3.61. The number of unbranched alkanes of at least 4 members (excludes halogenated alkanes) is 14. The van der Waals surface area contributed by atoms with Crippen LogP contribution in [0.1, 0.15) is 114 Å². The normalized spacial score (nSPS) is 11.5. The van der Waals surface area contributed by atoms with Crippen LogP contribution in [0.2, 0.25) is 0 Å². The molecular formula is C34H48Br2O2S. The summed E-state index contributed by atoms with van der Waals surface area (Å²) in [6.45, 7) is 7.58. The lowest BCUT2D eigenvalue weighted by atomic mass is 10.0. The van der Waals surface area contributed by atoms with Crippen LogP contribution in [-0.4, -0.2) is 8.42 Å². The number of benzene rings is 2. The SMILES string of the molecule is C=CCCCCCCCCCc1cc(Br)ccc1S(=O)(=O)c1ccc(Br)cc1CCCCCCCCCC=C. The summed E-state index contributed by atoms with van der Waals surface area (Å²) in [6, 6.07) is 11.3. The van der Waals surface area contributed by atoms with Crippen molar-refractivity contribution >= 4 is 41.7 Å². The average molecular weight is 681 g/mol. The van der Waals surface area contributed by atoms with Gasteiger partial charge in [0.1, 0.15) is 0 Å². The molecule has 2 rings (SSSR count). The standard InChI is InChI=1S/C34H48Br2O2S/c1-3-5-7-9-11-13-15-17-19-21-29-27-31(35)23-25-33(29)39(37,38)34-26-24-32(36)28-30(34)22-20-18-16-14-12-10-8-6-4-2/h3-4,23-28H,1-2,5-22H2. The first-order valence-electron chi connectivity index (χ1n) is 14.9. The summed E-state index contributed by atoms with van der Waals surface area (Å²) in [6.07, 6.45) is 24.5. The molecule has 2 nitrogen and oxygen atoms in total. The second-order valence-corrected chi connectivity index (χ2v) is 14.3. The van der Waals surface area contributed by atoms with Gasteiger partial charge in [0.15, 0.2) is 0 Å².